The van der Waals surface area contributed by atoms with E-state index in [9.17, 15) is 9.59 Å². The summed E-state index contributed by atoms with van der Waals surface area (Å²) < 4.78 is 0.446. The van der Waals surface area contributed by atoms with Crippen LogP contribution in [0.1, 0.15) is 38.5 Å². The highest BCUT2D eigenvalue weighted by atomic mass is 32.2. The second kappa shape index (κ2) is 8.45. The zero-order chi connectivity index (χ0) is 17.6. The minimum absolute atomic E-state index is 0.150. The van der Waals surface area contributed by atoms with Gasteiger partial charge < -0.3 is 10.4 Å². The first-order valence-electron chi connectivity index (χ1n) is 8.04. The van der Waals surface area contributed by atoms with Crippen molar-refractivity contribution < 1.29 is 14.7 Å². The van der Waals surface area contributed by atoms with Crippen LogP contribution in [0.3, 0.4) is 0 Å². The molecule has 0 aromatic heterocycles. The predicted molar refractivity (Wildman–Crippen MR) is 103 cm³/mol. The van der Waals surface area contributed by atoms with E-state index in [1.807, 2.05) is 78.1 Å². The molecular formula is C19H19NO3S2. The molecule has 1 heterocycles. The topological polar surface area (TPSA) is 66.4 Å². The maximum atomic E-state index is 12.5. The van der Waals surface area contributed by atoms with E-state index in [-0.39, 0.29) is 12.3 Å². The number of carboxylic acids is 1. The van der Waals surface area contributed by atoms with E-state index in [2.05, 4.69) is 5.32 Å². The van der Waals surface area contributed by atoms with Crippen LogP contribution < -0.4 is 5.32 Å². The van der Waals surface area contributed by atoms with E-state index >= 15 is 0 Å². The molecule has 1 atom stereocenters. The molecule has 0 radical (unpaired) electrons. The second-order valence-electron chi connectivity index (χ2n) is 5.73. The molecule has 0 bridgehead atoms. The number of rotatable bonds is 6. The third-order valence-corrected chi connectivity index (χ3v) is 7.06. The number of hydrogen-bond acceptors (Lipinski definition) is 4. The summed E-state index contributed by atoms with van der Waals surface area (Å²) in [6, 6.07) is 16.2. The molecule has 1 unspecified atom stereocenters. The van der Waals surface area contributed by atoms with Crippen molar-refractivity contribution in [2.45, 2.75) is 17.0 Å². The number of carbonyl (C=O) groups is 2. The third-order valence-electron chi connectivity index (χ3n) is 3.95. The maximum absolute atomic E-state index is 12.5. The summed E-state index contributed by atoms with van der Waals surface area (Å²) in [7, 11) is 0. The summed E-state index contributed by atoms with van der Waals surface area (Å²) in [6.07, 6.45) is -0.150. The Bertz CT molecular complexity index is 728. The van der Waals surface area contributed by atoms with Gasteiger partial charge in [-0.3, -0.25) is 9.59 Å². The average Bonchev–Trinajstić information content (AvgIpc) is 3.16. The van der Waals surface area contributed by atoms with Gasteiger partial charge in [0.15, 0.2) is 0 Å². The summed E-state index contributed by atoms with van der Waals surface area (Å²) >= 11 is 3.84. The Labute approximate surface area is 155 Å². The van der Waals surface area contributed by atoms with Crippen LogP contribution in [-0.4, -0.2) is 28.5 Å². The van der Waals surface area contributed by atoms with Crippen LogP contribution in [-0.2, 0) is 4.79 Å². The molecule has 2 aromatic carbocycles. The molecule has 1 fully saturated rings. The minimum Gasteiger partial charge on any atom is -0.481 e. The zero-order valence-electron chi connectivity index (χ0n) is 13.6. The van der Waals surface area contributed by atoms with Gasteiger partial charge in [0.25, 0.3) is 5.91 Å². The molecule has 130 valence electrons. The molecule has 1 aliphatic heterocycles. The highest BCUT2D eigenvalue weighted by Crippen LogP contribution is 2.45. The second-order valence-corrected chi connectivity index (χ2v) is 8.45. The number of benzene rings is 2. The largest absolute Gasteiger partial charge is 0.481 e. The smallest absolute Gasteiger partial charge is 0.305 e. The number of carboxylic acid groups (broad SMARTS) is 1. The molecule has 4 nitrogen and oxygen atoms in total. The van der Waals surface area contributed by atoms with Crippen molar-refractivity contribution >= 4 is 35.4 Å². The molecular weight excluding hydrogens is 354 g/mol. The minimum atomic E-state index is -0.945. The lowest BCUT2D eigenvalue weighted by molar-refractivity contribution is -0.137. The van der Waals surface area contributed by atoms with Crippen LogP contribution in [0.5, 0.6) is 0 Å². The van der Waals surface area contributed by atoms with Gasteiger partial charge in [0.1, 0.15) is 0 Å². The molecule has 0 aliphatic carbocycles. The van der Waals surface area contributed by atoms with Gasteiger partial charge in [-0.25, -0.2) is 0 Å². The van der Waals surface area contributed by atoms with Gasteiger partial charge in [0.2, 0.25) is 0 Å². The standard InChI is InChI=1S/C19H19NO3S2/c21-17(22)12-16(13-4-2-1-3-5-13)20-18(23)14-6-8-15(9-7-14)19-24-10-11-25-19/h1-9,16,19H,10-12H2,(H,20,23)(H,21,22). The molecule has 6 heteroatoms. The quantitative estimate of drug-likeness (QED) is 0.798. The van der Waals surface area contributed by atoms with Gasteiger partial charge in [-0.05, 0) is 23.3 Å². The normalized spacial score (nSPS) is 15.7. The number of thioether (sulfide) groups is 2. The van der Waals surface area contributed by atoms with Gasteiger partial charge in [-0.15, -0.1) is 23.5 Å². The molecule has 25 heavy (non-hydrogen) atoms. The fourth-order valence-corrected chi connectivity index (χ4v) is 5.56. The number of nitrogens with one attached hydrogen (secondary N) is 1. The lowest BCUT2D eigenvalue weighted by Gasteiger charge is -2.18. The van der Waals surface area contributed by atoms with Crippen LogP contribution >= 0.6 is 23.5 Å². The summed E-state index contributed by atoms with van der Waals surface area (Å²) in [4.78, 5) is 23.7. The van der Waals surface area contributed by atoms with E-state index in [0.717, 1.165) is 17.1 Å². The predicted octanol–water partition coefficient (Wildman–Crippen LogP) is 4.11. The van der Waals surface area contributed by atoms with E-state index in [1.54, 1.807) is 0 Å². The Morgan fingerprint density at radius 3 is 2.28 bits per heavy atom. The van der Waals surface area contributed by atoms with Crippen LogP contribution in [0.15, 0.2) is 54.6 Å². The molecule has 3 rings (SSSR count). The van der Waals surface area contributed by atoms with Crippen molar-refractivity contribution in [2.24, 2.45) is 0 Å². The number of aliphatic carboxylic acids is 1. The van der Waals surface area contributed by atoms with Crippen molar-refractivity contribution in [3.63, 3.8) is 0 Å². The van der Waals surface area contributed by atoms with Crippen molar-refractivity contribution in [1.29, 1.82) is 0 Å². The van der Waals surface area contributed by atoms with Crippen LogP contribution in [0.25, 0.3) is 0 Å². The average molecular weight is 373 g/mol. The molecule has 1 saturated heterocycles. The molecule has 1 aliphatic rings. The number of carbonyl (C=O) groups excluding carboxylic acids is 1. The van der Waals surface area contributed by atoms with Crippen molar-refractivity contribution in [3.8, 4) is 0 Å². The van der Waals surface area contributed by atoms with E-state index in [1.165, 1.54) is 5.56 Å². The maximum Gasteiger partial charge on any atom is 0.305 e. The van der Waals surface area contributed by atoms with E-state index in [0.29, 0.717) is 10.1 Å². The highest BCUT2D eigenvalue weighted by Gasteiger charge is 2.20. The fourth-order valence-electron chi connectivity index (χ4n) is 2.70. The lowest BCUT2D eigenvalue weighted by atomic mass is 10.0. The lowest BCUT2D eigenvalue weighted by Crippen LogP contribution is -2.30. The summed E-state index contributed by atoms with van der Waals surface area (Å²) in [6.45, 7) is 0. The molecule has 1 amide bonds. The Morgan fingerprint density at radius 1 is 1.04 bits per heavy atom. The monoisotopic (exact) mass is 373 g/mol. The first-order chi connectivity index (χ1) is 12.1. The Kier molecular flexibility index (Phi) is 6.04. The molecule has 0 spiro atoms. The van der Waals surface area contributed by atoms with Gasteiger partial charge in [0, 0.05) is 17.1 Å². The summed E-state index contributed by atoms with van der Waals surface area (Å²) in [5.41, 5.74) is 2.55. The third kappa shape index (κ3) is 4.80. The Morgan fingerprint density at radius 2 is 1.68 bits per heavy atom. The Balaban J connectivity index is 1.71. The fraction of sp³-hybridized carbons (Fsp3) is 0.263. The molecule has 2 aromatic rings. The van der Waals surface area contributed by atoms with Gasteiger partial charge in [0.05, 0.1) is 17.0 Å². The zero-order valence-corrected chi connectivity index (χ0v) is 15.2. The van der Waals surface area contributed by atoms with Crippen molar-refractivity contribution in [2.75, 3.05) is 11.5 Å². The Hall–Kier alpha value is -1.92. The van der Waals surface area contributed by atoms with Crippen molar-refractivity contribution in [1.82, 2.24) is 5.32 Å². The van der Waals surface area contributed by atoms with Crippen LogP contribution in [0.4, 0.5) is 0 Å². The summed E-state index contributed by atoms with van der Waals surface area (Å²) in [5, 5.41) is 12.0. The number of hydrogen-bond donors (Lipinski definition) is 2. The van der Waals surface area contributed by atoms with Gasteiger partial charge in [-0.1, -0.05) is 42.5 Å². The first kappa shape index (κ1) is 17.9. The van der Waals surface area contributed by atoms with Gasteiger partial charge >= 0.3 is 5.97 Å². The van der Waals surface area contributed by atoms with E-state index < -0.39 is 12.0 Å². The number of amides is 1. The summed E-state index contributed by atoms with van der Waals surface area (Å²) in [5.74, 6) is 1.12. The highest BCUT2D eigenvalue weighted by molar-refractivity contribution is 8.19. The SMILES string of the molecule is O=C(O)CC(NC(=O)c1ccc(C2SCCS2)cc1)c1ccccc1. The van der Waals surface area contributed by atoms with Crippen molar-refractivity contribution in [3.05, 3.63) is 71.3 Å². The first-order valence-corrected chi connectivity index (χ1v) is 10.1. The van der Waals surface area contributed by atoms with Gasteiger partial charge in [-0.2, -0.15) is 0 Å². The van der Waals surface area contributed by atoms with Crippen LogP contribution in [0.2, 0.25) is 0 Å². The van der Waals surface area contributed by atoms with Crippen LogP contribution in [0, 0.1) is 0 Å². The molecule has 2 N–H and O–H groups in total. The molecule has 0 saturated carbocycles. The van der Waals surface area contributed by atoms with E-state index in [4.69, 9.17) is 5.11 Å².